The molecule has 1 nitrogen and oxygen atoms in total. The van der Waals surface area contributed by atoms with Gasteiger partial charge < -0.3 is 4.74 Å². The maximum Gasteiger partial charge on any atom is 0.119 e. The molecule has 0 amide bonds. The first-order chi connectivity index (χ1) is 9.79. The fourth-order valence-corrected chi connectivity index (χ4v) is 5.88. The fraction of sp³-hybridized carbons (Fsp3) is 0.579. The molecule has 5 rings (SSSR count). The molecular formula is C19H22O. The van der Waals surface area contributed by atoms with E-state index in [2.05, 4.69) is 43.3 Å². The Morgan fingerprint density at radius 2 is 1.65 bits per heavy atom. The average Bonchev–Trinajstić information content (AvgIpc) is 3.18. The fourth-order valence-electron chi connectivity index (χ4n) is 5.88. The number of hydrogen-bond acceptors (Lipinski definition) is 1. The van der Waals surface area contributed by atoms with Gasteiger partial charge in [0.15, 0.2) is 0 Å². The Labute approximate surface area is 121 Å². The highest BCUT2D eigenvalue weighted by Gasteiger charge is 2.61. The molecule has 1 aromatic rings. The van der Waals surface area contributed by atoms with Gasteiger partial charge in [0.2, 0.25) is 0 Å². The second kappa shape index (κ2) is 3.90. The van der Waals surface area contributed by atoms with Gasteiger partial charge in [-0.15, -0.1) is 0 Å². The van der Waals surface area contributed by atoms with E-state index >= 15 is 0 Å². The minimum absolute atomic E-state index is 0.483. The van der Waals surface area contributed by atoms with Gasteiger partial charge in [-0.25, -0.2) is 0 Å². The molecule has 0 radical (unpaired) electrons. The van der Waals surface area contributed by atoms with Crippen molar-refractivity contribution in [3.63, 3.8) is 0 Å². The van der Waals surface area contributed by atoms with E-state index < -0.39 is 0 Å². The lowest BCUT2D eigenvalue weighted by Crippen LogP contribution is -2.36. The largest absolute Gasteiger partial charge is 0.490 e. The second-order valence-corrected chi connectivity index (χ2v) is 7.47. The third kappa shape index (κ3) is 1.44. The monoisotopic (exact) mass is 266 g/mol. The minimum Gasteiger partial charge on any atom is -0.490 e. The summed E-state index contributed by atoms with van der Waals surface area (Å²) < 4.78 is 6.36. The van der Waals surface area contributed by atoms with E-state index in [1.54, 1.807) is 0 Å². The SMILES string of the molecule is Cc1ccc(OC2CC3CC2C2C4C=CC(C4)C32)cc1. The van der Waals surface area contributed by atoms with Crippen LogP contribution in [0.25, 0.3) is 0 Å². The predicted octanol–water partition coefficient (Wildman–Crippen LogP) is 4.22. The summed E-state index contributed by atoms with van der Waals surface area (Å²) in [6, 6.07) is 8.59. The van der Waals surface area contributed by atoms with Crippen LogP contribution < -0.4 is 4.74 Å². The molecule has 0 heterocycles. The minimum atomic E-state index is 0.483. The molecule has 0 aliphatic heterocycles. The van der Waals surface area contributed by atoms with E-state index in [9.17, 15) is 0 Å². The van der Waals surface area contributed by atoms with E-state index in [1.165, 1.54) is 24.8 Å². The Hall–Kier alpha value is -1.24. The van der Waals surface area contributed by atoms with Crippen molar-refractivity contribution >= 4 is 0 Å². The van der Waals surface area contributed by atoms with Crippen LogP contribution >= 0.6 is 0 Å². The van der Waals surface area contributed by atoms with E-state index in [0.717, 1.165) is 41.3 Å². The van der Waals surface area contributed by atoms with Gasteiger partial charge in [0.05, 0.1) is 0 Å². The highest BCUT2D eigenvalue weighted by molar-refractivity contribution is 5.27. The summed E-state index contributed by atoms with van der Waals surface area (Å²) in [5.41, 5.74) is 1.31. The van der Waals surface area contributed by atoms with E-state index in [-0.39, 0.29) is 0 Å². The molecule has 0 saturated heterocycles. The molecular weight excluding hydrogens is 244 g/mol. The van der Waals surface area contributed by atoms with Crippen molar-refractivity contribution in [3.05, 3.63) is 42.0 Å². The van der Waals surface area contributed by atoms with Crippen molar-refractivity contribution in [2.45, 2.75) is 32.3 Å². The molecule has 7 unspecified atom stereocenters. The van der Waals surface area contributed by atoms with Crippen molar-refractivity contribution in [2.75, 3.05) is 0 Å². The Morgan fingerprint density at radius 1 is 0.900 bits per heavy atom. The number of hydrogen-bond donors (Lipinski definition) is 0. The van der Waals surface area contributed by atoms with Crippen LogP contribution in [0.15, 0.2) is 36.4 Å². The van der Waals surface area contributed by atoms with Crippen molar-refractivity contribution in [1.82, 2.24) is 0 Å². The van der Waals surface area contributed by atoms with E-state index in [4.69, 9.17) is 4.74 Å². The smallest absolute Gasteiger partial charge is 0.119 e. The van der Waals surface area contributed by atoms with Crippen molar-refractivity contribution in [3.8, 4) is 5.75 Å². The maximum absolute atomic E-state index is 6.36. The van der Waals surface area contributed by atoms with Crippen LogP contribution in [-0.4, -0.2) is 6.10 Å². The summed E-state index contributed by atoms with van der Waals surface area (Å²) in [4.78, 5) is 0. The number of rotatable bonds is 2. The summed E-state index contributed by atoms with van der Waals surface area (Å²) in [6.07, 6.45) is 9.69. The van der Waals surface area contributed by atoms with Crippen LogP contribution in [0.3, 0.4) is 0 Å². The molecule has 104 valence electrons. The number of allylic oxidation sites excluding steroid dienone is 2. The van der Waals surface area contributed by atoms with Crippen LogP contribution in [-0.2, 0) is 0 Å². The Kier molecular flexibility index (Phi) is 2.23. The van der Waals surface area contributed by atoms with Crippen LogP contribution in [0.2, 0.25) is 0 Å². The third-order valence-corrected chi connectivity index (χ3v) is 6.52. The summed E-state index contributed by atoms with van der Waals surface area (Å²) in [5, 5.41) is 0. The first-order valence-electron chi connectivity index (χ1n) is 8.21. The van der Waals surface area contributed by atoms with Gasteiger partial charge in [0, 0.05) is 0 Å². The lowest BCUT2D eigenvalue weighted by atomic mass is 9.72. The quantitative estimate of drug-likeness (QED) is 0.575. The van der Waals surface area contributed by atoms with Gasteiger partial charge in [-0.1, -0.05) is 29.8 Å². The molecule has 0 N–H and O–H groups in total. The topological polar surface area (TPSA) is 9.23 Å². The normalized spacial score (nSPS) is 47.0. The molecule has 0 aromatic heterocycles. The van der Waals surface area contributed by atoms with Crippen molar-refractivity contribution < 1.29 is 4.74 Å². The van der Waals surface area contributed by atoms with Gasteiger partial charge in [-0.3, -0.25) is 0 Å². The molecule has 1 heteroatoms. The maximum atomic E-state index is 6.36. The Morgan fingerprint density at radius 3 is 2.45 bits per heavy atom. The number of benzene rings is 1. The highest BCUT2D eigenvalue weighted by Crippen LogP contribution is 2.65. The van der Waals surface area contributed by atoms with Gasteiger partial charge in [0.1, 0.15) is 11.9 Å². The molecule has 4 aliphatic carbocycles. The zero-order chi connectivity index (χ0) is 13.3. The number of fused-ring (bicyclic) bond motifs is 9. The van der Waals surface area contributed by atoms with Gasteiger partial charge >= 0.3 is 0 Å². The van der Waals surface area contributed by atoms with Gasteiger partial charge in [0.25, 0.3) is 0 Å². The van der Waals surface area contributed by atoms with Crippen molar-refractivity contribution in [1.29, 1.82) is 0 Å². The lowest BCUT2D eigenvalue weighted by molar-refractivity contribution is 0.0664. The average molecular weight is 266 g/mol. The summed E-state index contributed by atoms with van der Waals surface area (Å²) in [6.45, 7) is 2.13. The summed E-state index contributed by atoms with van der Waals surface area (Å²) >= 11 is 0. The first-order valence-corrected chi connectivity index (χ1v) is 8.21. The van der Waals surface area contributed by atoms with Crippen LogP contribution in [0.5, 0.6) is 5.75 Å². The number of aryl methyl sites for hydroxylation is 1. The van der Waals surface area contributed by atoms with E-state index in [0.29, 0.717) is 6.10 Å². The van der Waals surface area contributed by atoms with E-state index in [1.807, 2.05) is 0 Å². The molecule has 3 saturated carbocycles. The second-order valence-electron chi connectivity index (χ2n) is 7.47. The van der Waals surface area contributed by atoms with Crippen LogP contribution in [0.4, 0.5) is 0 Å². The Bertz CT molecular complexity index is 558. The number of ether oxygens (including phenoxy) is 1. The first kappa shape index (κ1) is 11.4. The van der Waals surface area contributed by atoms with Crippen LogP contribution in [0, 0.1) is 42.4 Å². The zero-order valence-electron chi connectivity index (χ0n) is 12.0. The Balaban J connectivity index is 1.38. The van der Waals surface area contributed by atoms with Gasteiger partial charge in [-0.2, -0.15) is 0 Å². The highest BCUT2D eigenvalue weighted by atomic mass is 16.5. The lowest BCUT2D eigenvalue weighted by Gasteiger charge is -2.36. The molecule has 1 aromatic carbocycles. The molecule has 0 spiro atoms. The van der Waals surface area contributed by atoms with Crippen molar-refractivity contribution in [2.24, 2.45) is 35.5 Å². The third-order valence-electron chi connectivity index (χ3n) is 6.52. The molecule has 4 bridgehead atoms. The molecule has 7 atom stereocenters. The molecule has 20 heavy (non-hydrogen) atoms. The molecule has 3 fully saturated rings. The zero-order valence-corrected chi connectivity index (χ0v) is 12.0. The predicted molar refractivity (Wildman–Crippen MR) is 79.5 cm³/mol. The van der Waals surface area contributed by atoms with Crippen LogP contribution in [0.1, 0.15) is 24.8 Å². The molecule has 4 aliphatic rings. The van der Waals surface area contributed by atoms with Gasteiger partial charge in [-0.05, 0) is 73.8 Å². The standard InChI is InChI=1S/C19H22O/c1-11-2-6-15(7-3-11)20-17-10-14-9-16(17)19-13-5-4-12(8-13)18(14)19/h2-7,12-14,16-19H,8-10H2,1H3. The summed E-state index contributed by atoms with van der Waals surface area (Å²) in [5.74, 6) is 6.59. The summed E-state index contributed by atoms with van der Waals surface area (Å²) in [7, 11) is 0.